The zero-order chi connectivity index (χ0) is 20.7. The first kappa shape index (κ1) is 27.8. The smallest absolute Gasteiger partial charge is 0.216 e. The number of halogens is 1. The molecule has 0 amide bonds. The van der Waals surface area contributed by atoms with Crippen molar-refractivity contribution in [1.82, 2.24) is 19.4 Å². The van der Waals surface area contributed by atoms with Crippen LogP contribution in [0.4, 0.5) is 0 Å². The first-order chi connectivity index (χ1) is 12.5. The van der Waals surface area contributed by atoms with Crippen LogP contribution < -0.4 is 5.32 Å². The number of rotatable bonds is 9. The van der Waals surface area contributed by atoms with Gasteiger partial charge >= 0.3 is 0 Å². The van der Waals surface area contributed by atoms with E-state index < -0.39 is 10.0 Å². The van der Waals surface area contributed by atoms with E-state index in [9.17, 15) is 8.42 Å². The van der Waals surface area contributed by atoms with Crippen LogP contribution in [-0.4, -0.2) is 107 Å². The molecule has 28 heavy (non-hydrogen) atoms. The summed E-state index contributed by atoms with van der Waals surface area (Å²) in [6.45, 7) is 12.5. The quantitative estimate of drug-likeness (QED) is 0.272. The van der Waals surface area contributed by atoms with Crippen molar-refractivity contribution in [1.29, 1.82) is 0 Å². The molecule has 1 aliphatic rings. The van der Waals surface area contributed by atoms with Crippen molar-refractivity contribution in [3.8, 4) is 0 Å². The molecule has 8 nitrogen and oxygen atoms in total. The molecule has 0 bridgehead atoms. The van der Waals surface area contributed by atoms with E-state index in [0.717, 1.165) is 19.0 Å². The monoisotopic (exact) mass is 533 g/mol. The van der Waals surface area contributed by atoms with Gasteiger partial charge in [0.1, 0.15) is 0 Å². The number of guanidine groups is 1. The Morgan fingerprint density at radius 2 is 1.79 bits per heavy atom. The van der Waals surface area contributed by atoms with Gasteiger partial charge in [-0.25, -0.2) is 8.42 Å². The number of sulfonamides is 1. The van der Waals surface area contributed by atoms with Crippen LogP contribution in [0.25, 0.3) is 0 Å². The molecule has 0 atom stereocenters. The van der Waals surface area contributed by atoms with Gasteiger partial charge in [0.2, 0.25) is 10.0 Å². The van der Waals surface area contributed by atoms with Crippen molar-refractivity contribution >= 4 is 40.0 Å². The maximum Gasteiger partial charge on any atom is 0.216 e. The Morgan fingerprint density at radius 3 is 2.25 bits per heavy atom. The van der Waals surface area contributed by atoms with Crippen LogP contribution in [0.2, 0.25) is 0 Å². The topological polar surface area (TPSA) is 77.5 Å². The molecule has 0 aromatic heterocycles. The Balaban J connectivity index is 0.00000729. The molecule has 1 rings (SSSR count). The first-order valence-electron chi connectivity index (χ1n) is 9.66. The van der Waals surface area contributed by atoms with Crippen molar-refractivity contribution < 1.29 is 13.2 Å². The summed E-state index contributed by atoms with van der Waals surface area (Å²) in [5.74, 6) is 0.874. The SMILES string of the molecule is CN=C(NCC(C)(C)CN(C)C)N1CCN(S(=O)(=O)CCOC(C)C)CC1.I. The minimum absolute atomic E-state index is 0. The molecule has 1 fully saturated rings. The van der Waals surface area contributed by atoms with E-state index in [2.05, 4.69) is 48.1 Å². The molecule has 0 radical (unpaired) electrons. The number of piperazine rings is 1. The highest BCUT2D eigenvalue weighted by molar-refractivity contribution is 14.0. The fourth-order valence-corrected chi connectivity index (χ4v) is 4.54. The minimum Gasteiger partial charge on any atom is -0.378 e. The lowest BCUT2D eigenvalue weighted by Crippen LogP contribution is -2.55. The van der Waals surface area contributed by atoms with Crippen molar-refractivity contribution in [2.45, 2.75) is 33.8 Å². The molecule has 0 aromatic rings. The van der Waals surface area contributed by atoms with Gasteiger partial charge in [-0.1, -0.05) is 13.8 Å². The molecule has 0 aromatic carbocycles. The lowest BCUT2D eigenvalue weighted by Gasteiger charge is -2.37. The van der Waals surface area contributed by atoms with Gasteiger partial charge in [0, 0.05) is 46.3 Å². The van der Waals surface area contributed by atoms with Crippen LogP contribution in [0.15, 0.2) is 4.99 Å². The predicted octanol–water partition coefficient (Wildman–Crippen LogP) is 1.14. The average Bonchev–Trinajstić information content (AvgIpc) is 2.54. The lowest BCUT2D eigenvalue weighted by molar-refractivity contribution is 0.0904. The summed E-state index contributed by atoms with van der Waals surface area (Å²) in [6, 6.07) is 0. The van der Waals surface area contributed by atoms with Crippen LogP contribution in [0.5, 0.6) is 0 Å². The van der Waals surface area contributed by atoms with Gasteiger partial charge in [0.05, 0.1) is 18.5 Å². The van der Waals surface area contributed by atoms with E-state index >= 15 is 0 Å². The summed E-state index contributed by atoms with van der Waals surface area (Å²) < 4.78 is 31.9. The van der Waals surface area contributed by atoms with Crippen LogP contribution in [0, 0.1) is 5.41 Å². The van der Waals surface area contributed by atoms with Gasteiger partial charge in [-0.2, -0.15) is 4.31 Å². The van der Waals surface area contributed by atoms with E-state index in [1.807, 2.05) is 13.8 Å². The molecule has 0 aliphatic carbocycles. The average molecular weight is 534 g/mol. The summed E-state index contributed by atoms with van der Waals surface area (Å²) in [7, 11) is 2.65. The first-order valence-corrected chi connectivity index (χ1v) is 11.3. The van der Waals surface area contributed by atoms with E-state index in [1.165, 1.54) is 0 Å². The molecule has 1 N–H and O–H groups in total. The van der Waals surface area contributed by atoms with Crippen LogP contribution in [0.3, 0.4) is 0 Å². The van der Waals surface area contributed by atoms with Gasteiger partial charge < -0.3 is 19.9 Å². The third-order valence-electron chi connectivity index (χ3n) is 4.41. The minimum atomic E-state index is -3.27. The summed E-state index contributed by atoms with van der Waals surface area (Å²) in [4.78, 5) is 8.69. The molecule has 1 aliphatic heterocycles. The zero-order valence-corrected chi connectivity index (χ0v) is 21.7. The van der Waals surface area contributed by atoms with Gasteiger partial charge in [-0.15, -0.1) is 24.0 Å². The Kier molecular flexibility index (Phi) is 12.4. The van der Waals surface area contributed by atoms with Gasteiger partial charge in [-0.3, -0.25) is 4.99 Å². The Hall–Kier alpha value is -0.170. The fraction of sp³-hybridized carbons (Fsp3) is 0.944. The molecule has 168 valence electrons. The van der Waals surface area contributed by atoms with Crippen molar-refractivity contribution in [2.75, 3.05) is 72.8 Å². The number of aliphatic imine (C=N–C) groups is 1. The summed E-state index contributed by atoms with van der Waals surface area (Å²) >= 11 is 0. The normalized spacial score (nSPS) is 17.2. The maximum absolute atomic E-state index is 12.4. The van der Waals surface area contributed by atoms with Gasteiger partial charge in [0.15, 0.2) is 5.96 Å². The highest BCUT2D eigenvalue weighted by atomic mass is 127. The Labute approximate surface area is 189 Å². The molecule has 1 heterocycles. The van der Waals surface area contributed by atoms with E-state index in [4.69, 9.17) is 4.74 Å². The number of ether oxygens (including phenoxy) is 1. The van der Waals surface area contributed by atoms with Gasteiger partial charge in [-0.05, 0) is 33.4 Å². The van der Waals surface area contributed by atoms with Gasteiger partial charge in [0.25, 0.3) is 0 Å². The third kappa shape index (κ3) is 10.0. The number of hydrogen-bond acceptors (Lipinski definition) is 5. The van der Waals surface area contributed by atoms with Crippen LogP contribution in [0.1, 0.15) is 27.7 Å². The molecular weight excluding hydrogens is 493 g/mol. The van der Waals surface area contributed by atoms with Crippen molar-refractivity contribution in [3.05, 3.63) is 0 Å². The second-order valence-corrected chi connectivity index (χ2v) is 10.5. The number of nitrogens with zero attached hydrogens (tertiary/aromatic N) is 4. The van der Waals surface area contributed by atoms with E-state index in [0.29, 0.717) is 26.2 Å². The number of hydrogen-bond donors (Lipinski definition) is 1. The molecule has 1 saturated heterocycles. The predicted molar refractivity (Wildman–Crippen MR) is 127 cm³/mol. The molecular formula is C18H40IN5O3S. The second-order valence-electron chi connectivity index (χ2n) is 8.42. The maximum atomic E-state index is 12.4. The standard InChI is InChI=1S/C18H39N5O3S.HI/c1-16(2)26-12-13-27(24,25)23-10-8-22(9-11-23)17(19-5)20-14-18(3,4)15-21(6)7;/h16H,8-15H2,1-7H3,(H,19,20);1H. The summed E-state index contributed by atoms with van der Waals surface area (Å²) in [5.41, 5.74) is 0.112. The summed E-state index contributed by atoms with van der Waals surface area (Å²) in [6.07, 6.45) is 0.0446. The molecule has 0 spiro atoms. The lowest BCUT2D eigenvalue weighted by atomic mass is 9.93. The molecule has 0 saturated carbocycles. The third-order valence-corrected chi connectivity index (χ3v) is 6.24. The zero-order valence-electron chi connectivity index (χ0n) is 18.6. The highest BCUT2D eigenvalue weighted by Crippen LogP contribution is 2.15. The van der Waals surface area contributed by atoms with E-state index in [1.54, 1.807) is 11.4 Å². The largest absolute Gasteiger partial charge is 0.378 e. The molecule has 0 unspecified atom stereocenters. The second kappa shape index (κ2) is 12.5. The Morgan fingerprint density at radius 1 is 1.21 bits per heavy atom. The highest BCUT2D eigenvalue weighted by Gasteiger charge is 2.28. The Bertz CT molecular complexity index is 574. The fourth-order valence-electron chi connectivity index (χ4n) is 3.26. The molecule has 10 heteroatoms. The van der Waals surface area contributed by atoms with Crippen LogP contribution in [-0.2, 0) is 14.8 Å². The number of nitrogens with one attached hydrogen (secondary N) is 1. The summed E-state index contributed by atoms with van der Waals surface area (Å²) in [5, 5.41) is 3.45. The van der Waals surface area contributed by atoms with Crippen molar-refractivity contribution in [3.63, 3.8) is 0 Å². The van der Waals surface area contributed by atoms with E-state index in [-0.39, 0.29) is 47.9 Å². The van der Waals surface area contributed by atoms with Crippen LogP contribution >= 0.6 is 24.0 Å². The van der Waals surface area contributed by atoms with Crippen molar-refractivity contribution in [2.24, 2.45) is 10.4 Å².